The topological polar surface area (TPSA) is 68.0 Å². The summed E-state index contributed by atoms with van der Waals surface area (Å²) in [5.74, 6) is -0.124. The maximum Gasteiger partial charge on any atom is 0.252 e. The maximum atomic E-state index is 12.2. The predicted molar refractivity (Wildman–Crippen MR) is 75.7 cm³/mol. The first kappa shape index (κ1) is 13.1. The number of rotatable bonds is 3. The minimum Gasteiger partial charge on any atom is -0.399 e. The van der Waals surface area contributed by atoms with Gasteiger partial charge < -0.3 is 11.1 Å². The largest absolute Gasteiger partial charge is 0.399 e. The number of carbonyl (C=O) groups excluding carboxylic acids is 1. The highest BCUT2D eigenvalue weighted by Gasteiger charge is 2.13. The highest BCUT2D eigenvalue weighted by Crippen LogP contribution is 2.15. The molecule has 1 atom stereocenters. The lowest BCUT2D eigenvalue weighted by atomic mass is 10.1. The van der Waals surface area contributed by atoms with E-state index in [-0.39, 0.29) is 11.9 Å². The molecule has 0 radical (unpaired) electrons. The summed E-state index contributed by atoms with van der Waals surface area (Å²) in [5.41, 5.74) is 8.79. The molecular weight excluding hydrogens is 238 g/mol. The maximum absolute atomic E-state index is 12.2. The van der Waals surface area contributed by atoms with Crippen LogP contribution in [0, 0.1) is 6.92 Å². The number of hydrogen-bond donors (Lipinski definition) is 2. The Balaban J connectivity index is 2.15. The third-order valence-corrected chi connectivity index (χ3v) is 3.04. The van der Waals surface area contributed by atoms with Crippen LogP contribution < -0.4 is 11.1 Å². The molecule has 1 unspecified atom stereocenters. The zero-order valence-corrected chi connectivity index (χ0v) is 11.1. The van der Waals surface area contributed by atoms with E-state index in [1.54, 1.807) is 24.5 Å². The fourth-order valence-corrected chi connectivity index (χ4v) is 1.87. The number of amides is 1. The van der Waals surface area contributed by atoms with Crippen LogP contribution in [-0.4, -0.2) is 10.9 Å². The van der Waals surface area contributed by atoms with E-state index in [1.165, 1.54) is 0 Å². The minimum absolute atomic E-state index is 0.0953. The van der Waals surface area contributed by atoms with Crippen molar-refractivity contribution < 1.29 is 4.79 Å². The first-order chi connectivity index (χ1) is 9.08. The summed E-state index contributed by atoms with van der Waals surface area (Å²) in [6, 6.07) is 9.02. The lowest BCUT2D eigenvalue weighted by Gasteiger charge is -2.15. The highest BCUT2D eigenvalue weighted by atomic mass is 16.1. The second kappa shape index (κ2) is 5.52. The summed E-state index contributed by atoms with van der Waals surface area (Å²) in [4.78, 5) is 16.3. The van der Waals surface area contributed by atoms with E-state index in [0.717, 1.165) is 11.1 Å². The minimum atomic E-state index is -0.124. The first-order valence-corrected chi connectivity index (χ1v) is 6.15. The predicted octanol–water partition coefficient (Wildman–Crippen LogP) is 2.46. The first-order valence-electron chi connectivity index (χ1n) is 6.15. The molecule has 98 valence electrons. The van der Waals surface area contributed by atoms with Gasteiger partial charge in [-0.25, -0.2) is 0 Å². The molecule has 0 saturated heterocycles. The number of aryl methyl sites for hydroxylation is 1. The summed E-state index contributed by atoms with van der Waals surface area (Å²) in [6.45, 7) is 3.82. The molecule has 0 saturated carbocycles. The second-order valence-corrected chi connectivity index (χ2v) is 4.56. The van der Waals surface area contributed by atoms with Crippen LogP contribution in [0.15, 0.2) is 42.7 Å². The highest BCUT2D eigenvalue weighted by molar-refractivity contribution is 5.96. The molecule has 1 aromatic heterocycles. The number of hydrogen-bond acceptors (Lipinski definition) is 3. The van der Waals surface area contributed by atoms with Gasteiger partial charge in [-0.15, -0.1) is 0 Å². The second-order valence-electron chi connectivity index (χ2n) is 4.56. The van der Waals surface area contributed by atoms with Crippen LogP contribution >= 0.6 is 0 Å². The number of nitrogen functional groups attached to an aromatic ring is 1. The van der Waals surface area contributed by atoms with Gasteiger partial charge in [0.2, 0.25) is 0 Å². The number of nitrogens with two attached hydrogens (primary N) is 1. The molecule has 1 aromatic carbocycles. The van der Waals surface area contributed by atoms with Crippen LogP contribution in [0.1, 0.15) is 34.5 Å². The Kier molecular flexibility index (Phi) is 3.80. The number of carbonyl (C=O) groups is 1. The van der Waals surface area contributed by atoms with E-state index in [9.17, 15) is 4.79 Å². The van der Waals surface area contributed by atoms with E-state index < -0.39 is 0 Å². The van der Waals surface area contributed by atoms with Gasteiger partial charge in [0.05, 0.1) is 6.04 Å². The lowest BCUT2D eigenvalue weighted by Crippen LogP contribution is -2.27. The quantitative estimate of drug-likeness (QED) is 0.828. The number of nitrogens with zero attached hydrogens (tertiary/aromatic N) is 1. The SMILES string of the molecule is Cc1ccc(N)cc1C(=O)NC(C)c1cccnc1. The Morgan fingerprint density at radius 1 is 1.37 bits per heavy atom. The van der Waals surface area contributed by atoms with Crippen molar-refractivity contribution in [3.05, 3.63) is 59.4 Å². The number of aromatic nitrogens is 1. The van der Waals surface area contributed by atoms with Crippen molar-refractivity contribution in [3.8, 4) is 0 Å². The fourth-order valence-electron chi connectivity index (χ4n) is 1.87. The summed E-state index contributed by atoms with van der Waals surface area (Å²) in [7, 11) is 0. The molecule has 1 heterocycles. The van der Waals surface area contributed by atoms with Crippen LogP contribution in [0.2, 0.25) is 0 Å². The summed E-state index contributed by atoms with van der Waals surface area (Å²) < 4.78 is 0. The third kappa shape index (κ3) is 3.10. The number of pyridine rings is 1. The van der Waals surface area contributed by atoms with E-state index in [4.69, 9.17) is 5.73 Å². The van der Waals surface area contributed by atoms with Crippen LogP contribution in [-0.2, 0) is 0 Å². The summed E-state index contributed by atoms with van der Waals surface area (Å²) in [6.07, 6.45) is 3.46. The van der Waals surface area contributed by atoms with Crippen molar-refractivity contribution in [1.82, 2.24) is 10.3 Å². The normalized spacial score (nSPS) is 11.9. The van der Waals surface area contributed by atoms with Gasteiger partial charge in [0.25, 0.3) is 5.91 Å². The van der Waals surface area contributed by atoms with Crippen LogP contribution in [0.5, 0.6) is 0 Å². The molecule has 3 N–H and O–H groups in total. The van der Waals surface area contributed by atoms with Gasteiger partial charge in [-0.1, -0.05) is 12.1 Å². The van der Waals surface area contributed by atoms with Gasteiger partial charge in [0, 0.05) is 23.6 Å². The summed E-state index contributed by atoms with van der Waals surface area (Å²) >= 11 is 0. The molecule has 2 aromatic rings. The number of nitrogens with one attached hydrogen (secondary N) is 1. The van der Waals surface area contributed by atoms with E-state index in [2.05, 4.69) is 10.3 Å². The molecule has 1 amide bonds. The Hall–Kier alpha value is -2.36. The molecule has 0 spiro atoms. The Bertz CT molecular complexity index is 581. The number of benzene rings is 1. The van der Waals surface area contributed by atoms with Gasteiger partial charge in [0.15, 0.2) is 0 Å². The van der Waals surface area contributed by atoms with Gasteiger partial charge >= 0.3 is 0 Å². The van der Waals surface area contributed by atoms with Gasteiger partial charge in [-0.05, 0) is 43.2 Å². The average Bonchev–Trinajstić information content (AvgIpc) is 2.42. The fraction of sp³-hybridized carbons (Fsp3) is 0.200. The number of anilines is 1. The molecule has 0 bridgehead atoms. The van der Waals surface area contributed by atoms with Crippen LogP contribution in [0.3, 0.4) is 0 Å². The van der Waals surface area contributed by atoms with Gasteiger partial charge in [0.1, 0.15) is 0 Å². The van der Waals surface area contributed by atoms with Crippen molar-refractivity contribution >= 4 is 11.6 Å². The average molecular weight is 255 g/mol. The molecule has 2 rings (SSSR count). The van der Waals surface area contributed by atoms with E-state index in [1.807, 2.05) is 32.0 Å². The van der Waals surface area contributed by atoms with Crippen molar-refractivity contribution in [2.24, 2.45) is 0 Å². The smallest absolute Gasteiger partial charge is 0.252 e. The lowest BCUT2D eigenvalue weighted by molar-refractivity contribution is 0.0939. The van der Waals surface area contributed by atoms with Crippen molar-refractivity contribution in [2.45, 2.75) is 19.9 Å². The van der Waals surface area contributed by atoms with Crippen molar-refractivity contribution in [1.29, 1.82) is 0 Å². The molecule has 19 heavy (non-hydrogen) atoms. The van der Waals surface area contributed by atoms with E-state index in [0.29, 0.717) is 11.3 Å². The zero-order chi connectivity index (χ0) is 13.8. The standard InChI is InChI=1S/C15H17N3O/c1-10-5-6-13(16)8-14(10)15(19)18-11(2)12-4-3-7-17-9-12/h3-9,11H,16H2,1-2H3,(H,18,19). The summed E-state index contributed by atoms with van der Waals surface area (Å²) in [5, 5.41) is 2.95. The van der Waals surface area contributed by atoms with Crippen LogP contribution in [0.4, 0.5) is 5.69 Å². The molecule has 0 aliphatic carbocycles. The van der Waals surface area contributed by atoms with Crippen molar-refractivity contribution in [2.75, 3.05) is 5.73 Å². The molecule has 0 fully saturated rings. The molecular formula is C15H17N3O. The molecule has 4 nitrogen and oxygen atoms in total. The monoisotopic (exact) mass is 255 g/mol. The van der Waals surface area contributed by atoms with Crippen molar-refractivity contribution in [3.63, 3.8) is 0 Å². The molecule has 0 aliphatic rings. The third-order valence-electron chi connectivity index (χ3n) is 3.04. The molecule has 4 heteroatoms. The Morgan fingerprint density at radius 3 is 2.84 bits per heavy atom. The van der Waals surface area contributed by atoms with E-state index >= 15 is 0 Å². The Labute approximate surface area is 112 Å². The van der Waals surface area contributed by atoms with Gasteiger partial charge in [-0.2, -0.15) is 0 Å². The Morgan fingerprint density at radius 2 is 2.16 bits per heavy atom. The molecule has 0 aliphatic heterocycles. The zero-order valence-electron chi connectivity index (χ0n) is 11.1. The van der Waals surface area contributed by atoms with Gasteiger partial charge in [-0.3, -0.25) is 9.78 Å². The van der Waals surface area contributed by atoms with Crippen LogP contribution in [0.25, 0.3) is 0 Å².